The van der Waals surface area contributed by atoms with Crippen molar-refractivity contribution in [1.29, 1.82) is 0 Å². The number of halogens is 1. The van der Waals surface area contributed by atoms with E-state index in [9.17, 15) is 4.79 Å². The minimum atomic E-state index is -0.329. The first-order valence-electron chi connectivity index (χ1n) is 9.06. The minimum absolute atomic E-state index is 0.112. The third kappa shape index (κ3) is 4.73. The predicted octanol–water partition coefficient (Wildman–Crippen LogP) is 4.92. The lowest BCUT2D eigenvalue weighted by Gasteiger charge is -2.08. The first-order valence-corrected chi connectivity index (χ1v) is 9.85. The van der Waals surface area contributed by atoms with Crippen LogP contribution in [0.1, 0.15) is 5.69 Å². The van der Waals surface area contributed by atoms with E-state index in [1.807, 2.05) is 47.2 Å². The molecule has 3 aromatic carbocycles. The quantitative estimate of drug-likeness (QED) is 0.336. The molecule has 4 rings (SSSR count). The number of carbonyl (C=O) groups is 1. The molecule has 1 amide bonds. The zero-order valence-corrected chi connectivity index (χ0v) is 17.0. The molecule has 6 heteroatoms. The van der Waals surface area contributed by atoms with E-state index in [4.69, 9.17) is 4.74 Å². The van der Waals surface area contributed by atoms with E-state index in [2.05, 4.69) is 56.8 Å². The molecule has 0 fully saturated rings. The lowest BCUT2D eigenvalue weighted by molar-refractivity contribution is -0.123. The summed E-state index contributed by atoms with van der Waals surface area (Å²) in [5.41, 5.74) is 4.38. The van der Waals surface area contributed by atoms with Crippen LogP contribution in [0.15, 0.2) is 94.6 Å². The topological polar surface area (TPSA) is 55.6 Å². The molecule has 0 unspecified atom stereocenters. The van der Waals surface area contributed by atoms with Crippen LogP contribution in [0.4, 0.5) is 0 Å². The first kappa shape index (κ1) is 19.0. The van der Waals surface area contributed by atoms with Gasteiger partial charge >= 0.3 is 0 Å². The molecule has 0 atom stereocenters. The Hall–Kier alpha value is -3.38. The van der Waals surface area contributed by atoms with Crippen molar-refractivity contribution in [3.8, 4) is 11.4 Å². The van der Waals surface area contributed by atoms with Gasteiger partial charge in [0.25, 0.3) is 5.91 Å². The lowest BCUT2D eigenvalue weighted by Crippen LogP contribution is -2.24. The van der Waals surface area contributed by atoms with Gasteiger partial charge in [-0.25, -0.2) is 5.43 Å². The number of hydrazone groups is 1. The molecule has 144 valence electrons. The van der Waals surface area contributed by atoms with Gasteiger partial charge in [-0.3, -0.25) is 4.79 Å². The minimum Gasteiger partial charge on any atom is -0.484 e. The molecule has 5 nitrogen and oxygen atoms in total. The summed E-state index contributed by atoms with van der Waals surface area (Å²) in [7, 11) is 0. The molecule has 0 aliphatic heterocycles. The van der Waals surface area contributed by atoms with Gasteiger partial charge in [-0.2, -0.15) is 5.10 Å². The molecule has 0 spiro atoms. The standard InChI is InChI=1S/C23H18BrN3O2/c24-19-7-3-9-22(14-19)29-16-23(28)26-25-15-21-8-4-12-27(21)20-11-10-17-5-1-2-6-18(17)13-20/h1-15H,16H2,(H,26,28)/b25-15-. The maximum atomic E-state index is 12.0. The second kappa shape index (κ2) is 8.75. The number of nitrogens with zero attached hydrogens (tertiary/aromatic N) is 2. The van der Waals surface area contributed by atoms with Gasteiger partial charge in [-0.05, 0) is 53.2 Å². The van der Waals surface area contributed by atoms with Crippen LogP contribution in [0.2, 0.25) is 0 Å². The maximum absolute atomic E-state index is 12.0. The van der Waals surface area contributed by atoms with E-state index in [1.165, 1.54) is 10.8 Å². The molecule has 0 bridgehead atoms. The monoisotopic (exact) mass is 447 g/mol. The van der Waals surface area contributed by atoms with Crippen LogP contribution in [0.3, 0.4) is 0 Å². The molecule has 0 aliphatic carbocycles. The van der Waals surface area contributed by atoms with Crippen molar-refractivity contribution >= 4 is 38.8 Å². The third-order valence-corrected chi connectivity index (χ3v) is 4.84. The van der Waals surface area contributed by atoms with E-state index in [1.54, 1.807) is 18.3 Å². The molecule has 4 aromatic rings. The van der Waals surface area contributed by atoms with E-state index in [-0.39, 0.29) is 12.5 Å². The zero-order chi connectivity index (χ0) is 20.1. The van der Waals surface area contributed by atoms with Crippen LogP contribution in [-0.4, -0.2) is 23.3 Å². The Morgan fingerprint density at radius 2 is 1.86 bits per heavy atom. The number of nitrogens with one attached hydrogen (secondary N) is 1. The average molecular weight is 448 g/mol. The largest absolute Gasteiger partial charge is 0.484 e. The van der Waals surface area contributed by atoms with Crippen molar-refractivity contribution < 1.29 is 9.53 Å². The number of amides is 1. The number of rotatable bonds is 6. The van der Waals surface area contributed by atoms with Gasteiger partial charge in [0.1, 0.15) is 5.75 Å². The number of ether oxygens (including phenoxy) is 1. The summed E-state index contributed by atoms with van der Waals surface area (Å²) < 4.78 is 8.35. The third-order valence-electron chi connectivity index (χ3n) is 4.34. The Morgan fingerprint density at radius 1 is 1.00 bits per heavy atom. The van der Waals surface area contributed by atoms with E-state index in [0.29, 0.717) is 5.75 Å². The van der Waals surface area contributed by atoms with Crippen LogP contribution < -0.4 is 10.2 Å². The lowest BCUT2D eigenvalue weighted by atomic mass is 10.1. The Labute approximate surface area is 176 Å². The fourth-order valence-electron chi connectivity index (χ4n) is 2.97. The average Bonchev–Trinajstić information content (AvgIpc) is 3.20. The number of aromatic nitrogens is 1. The Kier molecular flexibility index (Phi) is 5.72. The first-order chi connectivity index (χ1) is 14.2. The summed E-state index contributed by atoms with van der Waals surface area (Å²) >= 11 is 3.37. The van der Waals surface area contributed by atoms with Crippen molar-refractivity contribution in [2.24, 2.45) is 5.10 Å². The molecule has 0 saturated heterocycles. The summed E-state index contributed by atoms with van der Waals surface area (Å²) in [5.74, 6) is 0.286. The highest BCUT2D eigenvalue weighted by molar-refractivity contribution is 9.10. The normalized spacial score (nSPS) is 11.1. The number of hydrogen-bond donors (Lipinski definition) is 1. The van der Waals surface area contributed by atoms with Crippen molar-refractivity contribution in [1.82, 2.24) is 9.99 Å². The van der Waals surface area contributed by atoms with E-state index in [0.717, 1.165) is 15.9 Å². The second-order valence-electron chi connectivity index (χ2n) is 6.37. The van der Waals surface area contributed by atoms with Crippen molar-refractivity contribution in [3.63, 3.8) is 0 Å². The van der Waals surface area contributed by atoms with Gasteiger partial charge in [0.05, 0.1) is 11.9 Å². The van der Waals surface area contributed by atoms with Gasteiger partial charge in [0.2, 0.25) is 0 Å². The Bertz CT molecular complexity index is 1180. The summed E-state index contributed by atoms with van der Waals surface area (Å²) in [4.78, 5) is 12.0. The number of hydrogen-bond acceptors (Lipinski definition) is 3. The number of benzene rings is 3. The van der Waals surface area contributed by atoms with Gasteiger partial charge in [0, 0.05) is 16.4 Å². The Morgan fingerprint density at radius 3 is 2.72 bits per heavy atom. The van der Waals surface area contributed by atoms with Gasteiger partial charge in [0.15, 0.2) is 6.61 Å². The summed E-state index contributed by atoms with van der Waals surface area (Å²) in [5, 5.41) is 6.41. The van der Waals surface area contributed by atoms with E-state index >= 15 is 0 Å². The fourth-order valence-corrected chi connectivity index (χ4v) is 3.35. The van der Waals surface area contributed by atoms with Crippen LogP contribution in [0.5, 0.6) is 5.75 Å². The van der Waals surface area contributed by atoms with Crippen molar-refractivity contribution in [2.45, 2.75) is 0 Å². The molecule has 1 heterocycles. The highest BCUT2D eigenvalue weighted by atomic mass is 79.9. The summed E-state index contributed by atoms with van der Waals surface area (Å²) in [6.45, 7) is -0.112. The second-order valence-corrected chi connectivity index (χ2v) is 7.29. The molecule has 1 aromatic heterocycles. The number of fused-ring (bicyclic) bond motifs is 1. The molecule has 29 heavy (non-hydrogen) atoms. The molecule has 1 N–H and O–H groups in total. The zero-order valence-electron chi connectivity index (χ0n) is 15.5. The van der Waals surface area contributed by atoms with Crippen LogP contribution in [0.25, 0.3) is 16.5 Å². The molecular weight excluding hydrogens is 430 g/mol. The highest BCUT2D eigenvalue weighted by Gasteiger charge is 2.04. The molecule has 0 saturated carbocycles. The van der Waals surface area contributed by atoms with Crippen LogP contribution >= 0.6 is 15.9 Å². The molecule has 0 radical (unpaired) electrons. The smallest absolute Gasteiger partial charge is 0.277 e. The maximum Gasteiger partial charge on any atom is 0.277 e. The fraction of sp³-hybridized carbons (Fsp3) is 0.0435. The molecular formula is C23H18BrN3O2. The van der Waals surface area contributed by atoms with Gasteiger partial charge in [-0.1, -0.05) is 52.3 Å². The summed E-state index contributed by atoms with van der Waals surface area (Å²) in [6, 6.07) is 25.7. The van der Waals surface area contributed by atoms with Gasteiger partial charge < -0.3 is 9.30 Å². The molecule has 0 aliphatic rings. The summed E-state index contributed by atoms with van der Waals surface area (Å²) in [6.07, 6.45) is 3.58. The predicted molar refractivity (Wildman–Crippen MR) is 119 cm³/mol. The van der Waals surface area contributed by atoms with Crippen molar-refractivity contribution in [2.75, 3.05) is 6.61 Å². The van der Waals surface area contributed by atoms with E-state index < -0.39 is 0 Å². The van der Waals surface area contributed by atoms with Crippen molar-refractivity contribution in [3.05, 3.63) is 95.2 Å². The van der Waals surface area contributed by atoms with Gasteiger partial charge in [-0.15, -0.1) is 0 Å². The Balaban J connectivity index is 1.40. The van der Waals surface area contributed by atoms with Crippen LogP contribution in [-0.2, 0) is 4.79 Å². The SMILES string of the molecule is O=C(COc1cccc(Br)c1)N/N=C\c1cccn1-c1ccc2ccccc2c1. The highest BCUT2D eigenvalue weighted by Crippen LogP contribution is 2.20. The van der Waals surface area contributed by atoms with Crippen LogP contribution in [0, 0.1) is 0 Å². The number of carbonyl (C=O) groups excluding carboxylic acids is 1.